The molecule has 0 saturated heterocycles. The average Bonchev–Trinajstić information content (AvgIpc) is 3.27. The van der Waals surface area contributed by atoms with E-state index in [-0.39, 0.29) is 11.7 Å². The van der Waals surface area contributed by atoms with Crippen molar-refractivity contribution in [2.45, 2.75) is 13.8 Å². The molecule has 0 spiro atoms. The lowest BCUT2D eigenvalue weighted by Crippen LogP contribution is -2.12. The number of thiazole rings is 1. The van der Waals surface area contributed by atoms with Crippen LogP contribution in [0.25, 0.3) is 16.9 Å². The second-order valence-corrected chi connectivity index (χ2v) is 7.50. The van der Waals surface area contributed by atoms with E-state index >= 15 is 0 Å². The van der Waals surface area contributed by atoms with Crippen LogP contribution in [0.3, 0.4) is 0 Å². The lowest BCUT2D eigenvalue weighted by molar-refractivity contribution is 0.102. The first kappa shape index (κ1) is 18.1. The van der Waals surface area contributed by atoms with Gasteiger partial charge in [-0.15, -0.1) is 11.3 Å². The van der Waals surface area contributed by atoms with Gasteiger partial charge >= 0.3 is 0 Å². The number of aryl methyl sites for hydroxylation is 2. The number of nitrogens with zero attached hydrogens (tertiary/aromatic N) is 3. The Morgan fingerprint density at radius 1 is 1.07 bits per heavy atom. The van der Waals surface area contributed by atoms with Gasteiger partial charge in [0.1, 0.15) is 11.5 Å². The third-order valence-corrected chi connectivity index (χ3v) is 5.33. The third-order valence-electron chi connectivity index (χ3n) is 4.35. The van der Waals surface area contributed by atoms with Crippen molar-refractivity contribution in [3.63, 3.8) is 0 Å². The highest BCUT2D eigenvalue weighted by molar-refractivity contribution is 7.15. The Kier molecular flexibility index (Phi) is 4.75. The van der Waals surface area contributed by atoms with Gasteiger partial charge in [0.05, 0.1) is 16.9 Å². The number of hydrogen-bond acceptors (Lipinski definition) is 4. The highest BCUT2D eigenvalue weighted by Gasteiger charge is 2.20. The molecule has 0 saturated carbocycles. The van der Waals surface area contributed by atoms with E-state index in [1.807, 2.05) is 44.2 Å². The number of rotatable bonds is 4. The van der Waals surface area contributed by atoms with Crippen LogP contribution >= 0.6 is 11.3 Å². The molecule has 2 aromatic carbocycles. The minimum absolute atomic E-state index is 0.310. The molecule has 140 valence electrons. The van der Waals surface area contributed by atoms with Gasteiger partial charge in [0.2, 0.25) is 0 Å². The standard InChI is InChI=1S/C21H17FN4OS/c1-13-14(2)28-21(23-13)24-20(27)18-12-26(17-6-4-3-5-7-17)25-19(18)15-8-10-16(22)11-9-15/h3-12H,1-2H3,(H,23,24,27). The zero-order chi connectivity index (χ0) is 19.7. The largest absolute Gasteiger partial charge is 0.298 e. The van der Waals surface area contributed by atoms with E-state index < -0.39 is 0 Å². The molecule has 0 radical (unpaired) electrons. The first-order valence-corrected chi connectivity index (χ1v) is 9.49. The number of para-hydroxylation sites is 1. The van der Waals surface area contributed by atoms with Gasteiger partial charge < -0.3 is 0 Å². The van der Waals surface area contributed by atoms with Gasteiger partial charge in [0, 0.05) is 16.6 Å². The van der Waals surface area contributed by atoms with Crippen LogP contribution in [0.15, 0.2) is 60.8 Å². The zero-order valence-corrected chi connectivity index (χ0v) is 16.1. The Labute approximate surface area is 165 Å². The molecular formula is C21H17FN4OS. The Morgan fingerprint density at radius 3 is 2.43 bits per heavy atom. The molecule has 7 heteroatoms. The van der Waals surface area contributed by atoms with Crippen molar-refractivity contribution >= 4 is 22.4 Å². The number of aromatic nitrogens is 3. The summed E-state index contributed by atoms with van der Waals surface area (Å²) in [6, 6.07) is 15.4. The summed E-state index contributed by atoms with van der Waals surface area (Å²) in [6.45, 7) is 3.86. The monoisotopic (exact) mass is 392 g/mol. The quantitative estimate of drug-likeness (QED) is 0.531. The molecule has 1 N–H and O–H groups in total. The molecule has 4 rings (SSSR count). The molecule has 28 heavy (non-hydrogen) atoms. The fourth-order valence-electron chi connectivity index (χ4n) is 2.76. The molecular weight excluding hydrogens is 375 g/mol. The van der Waals surface area contributed by atoms with Crippen LogP contribution in [-0.4, -0.2) is 20.7 Å². The smallest absolute Gasteiger partial charge is 0.261 e. The number of carbonyl (C=O) groups excluding carboxylic acids is 1. The number of benzene rings is 2. The van der Waals surface area contributed by atoms with Crippen LogP contribution in [0.2, 0.25) is 0 Å². The van der Waals surface area contributed by atoms with E-state index in [9.17, 15) is 9.18 Å². The van der Waals surface area contributed by atoms with Gasteiger partial charge in [-0.05, 0) is 50.2 Å². The van der Waals surface area contributed by atoms with Crippen LogP contribution in [-0.2, 0) is 0 Å². The van der Waals surface area contributed by atoms with E-state index in [0.29, 0.717) is 22.0 Å². The van der Waals surface area contributed by atoms with Gasteiger partial charge in [0.25, 0.3) is 5.91 Å². The van der Waals surface area contributed by atoms with Crippen LogP contribution in [0, 0.1) is 19.7 Å². The number of nitrogens with one attached hydrogen (secondary N) is 1. The van der Waals surface area contributed by atoms with Crippen LogP contribution in [0.4, 0.5) is 9.52 Å². The van der Waals surface area contributed by atoms with Gasteiger partial charge in [-0.3, -0.25) is 10.1 Å². The Morgan fingerprint density at radius 2 is 1.79 bits per heavy atom. The van der Waals surface area contributed by atoms with E-state index in [1.54, 1.807) is 23.0 Å². The summed E-state index contributed by atoms with van der Waals surface area (Å²) in [5.41, 5.74) is 3.24. The summed E-state index contributed by atoms with van der Waals surface area (Å²) in [5.74, 6) is -0.652. The summed E-state index contributed by atoms with van der Waals surface area (Å²) < 4.78 is 15.0. The molecule has 0 fully saturated rings. The summed E-state index contributed by atoms with van der Waals surface area (Å²) in [6.07, 6.45) is 1.68. The van der Waals surface area contributed by atoms with E-state index in [0.717, 1.165) is 16.3 Å². The van der Waals surface area contributed by atoms with Crippen molar-refractivity contribution in [1.29, 1.82) is 0 Å². The summed E-state index contributed by atoms with van der Waals surface area (Å²) in [5, 5.41) is 7.97. The molecule has 0 unspecified atom stereocenters. The molecule has 0 aliphatic heterocycles. The predicted octanol–water partition coefficient (Wildman–Crippen LogP) is 5.00. The molecule has 1 amide bonds. The Hall–Kier alpha value is -3.32. The van der Waals surface area contributed by atoms with E-state index in [1.165, 1.54) is 23.5 Å². The van der Waals surface area contributed by atoms with Crippen molar-refractivity contribution in [1.82, 2.24) is 14.8 Å². The van der Waals surface area contributed by atoms with E-state index in [2.05, 4.69) is 15.4 Å². The number of anilines is 1. The number of hydrogen-bond donors (Lipinski definition) is 1. The molecule has 2 heterocycles. The highest BCUT2D eigenvalue weighted by atomic mass is 32.1. The SMILES string of the molecule is Cc1nc(NC(=O)c2cn(-c3ccccc3)nc2-c2ccc(F)cc2)sc1C. The summed E-state index contributed by atoms with van der Waals surface area (Å²) >= 11 is 1.42. The summed E-state index contributed by atoms with van der Waals surface area (Å²) in [4.78, 5) is 18.4. The van der Waals surface area contributed by atoms with Crippen LogP contribution in [0.5, 0.6) is 0 Å². The van der Waals surface area contributed by atoms with Gasteiger partial charge in [-0.25, -0.2) is 14.1 Å². The zero-order valence-electron chi connectivity index (χ0n) is 15.3. The minimum atomic E-state index is -0.342. The van der Waals surface area contributed by atoms with Crippen molar-refractivity contribution in [3.8, 4) is 16.9 Å². The minimum Gasteiger partial charge on any atom is -0.298 e. The molecule has 5 nitrogen and oxygen atoms in total. The van der Waals surface area contributed by atoms with E-state index in [4.69, 9.17) is 0 Å². The fourth-order valence-corrected chi connectivity index (χ4v) is 3.57. The molecule has 4 aromatic rings. The first-order chi connectivity index (χ1) is 13.5. The average molecular weight is 392 g/mol. The number of amides is 1. The molecule has 0 aliphatic rings. The normalized spacial score (nSPS) is 10.8. The molecule has 0 aliphatic carbocycles. The van der Waals surface area contributed by atoms with Crippen molar-refractivity contribution in [2.24, 2.45) is 0 Å². The maximum Gasteiger partial charge on any atom is 0.261 e. The Bertz CT molecular complexity index is 1110. The van der Waals surface area contributed by atoms with Crippen LogP contribution in [0.1, 0.15) is 20.9 Å². The maximum atomic E-state index is 13.3. The van der Waals surface area contributed by atoms with Crippen molar-refractivity contribution in [2.75, 3.05) is 5.32 Å². The van der Waals surface area contributed by atoms with Gasteiger partial charge in [0.15, 0.2) is 5.13 Å². The number of halogens is 1. The second-order valence-electron chi connectivity index (χ2n) is 6.29. The highest BCUT2D eigenvalue weighted by Crippen LogP contribution is 2.27. The lowest BCUT2D eigenvalue weighted by atomic mass is 10.1. The fraction of sp³-hybridized carbons (Fsp3) is 0.0952. The molecule has 2 aromatic heterocycles. The molecule has 0 atom stereocenters. The third kappa shape index (κ3) is 3.57. The van der Waals surface area contributed by atoms with Crippen molar-refractivity contribution in [3.05, 3.63) is 82.7 Å². The maximum absolute atomic E-state index is 13.3. The predicted molar refractivity (Wildman–Crippen MR) is 108 cm³/mol. The lowest BCUT2D eigenvalue weighted by Gasteiger charge is -2.02. The molecule has 0 bridgehead atoms. The number of carbonyl (C=O) groups is 1. The topological polar surface area (TPSA) is 59.8 Å². The Balaban J connectivity index is 1.76. The van der Waals surface area contributed by atoms with Crippen molar-refractivity contribution < 1.29 is 9.18 Å². The van der Waals surface area contributed by atoms with Crippen LogP contribution < -0.4 is 5.32 Å². The van der Waals surface area contributed by atoms with Gasteiger partial charge in [-0.1, -0.05) is 18.2 Å². The summed E-state index contributed by atoms with van der Waals surface area (Å²) in [7, 11) is 0. The van der Waals surface area contributed by atoms with Gasteiger partial charge in [-0.2, -0.15) is 5.10 Å². The second kappa shape index (κ2) is 7.36. The first-order valence-electron chi connectivity index (χ1n) is 8.67.